The molecule has 1 aromatic carbocycles. The zero-order valence-electron chi connectivity index (χ0n) is 11.8. The Morgan fingerprint density at radius 1 is 1.42 bits per heavy atom. The Morgan fingerprint density at radius 2 is 2.26 bits per heavy atom. The molecule has 0 unspecified atom stereocenters. The lowest BCUT2D eigenvalue weighted by Gasteiger charge is -2.14. The quantitative estimate of drug-likeness (QED) is 0.883. The Balaban J connectivity index is 1.92. The molecule has 1 amide bonds. The summed E-state index contributed by atoms with van der Waals surface area (Å²) in [6.07, 6.45) is 4.82. The van der Waals surface area contributed by atoms with Gasteiger partial charge in [-0.1, -0.05) is 19.1 Å². The van der Waals surface area contributed by atoms with E-state index in [1.54, 1.807) is 7.11 Å². The van der Waals surface area contributed by atoms with Crippen molar-refractivity contribution in [2.75, 3.05) is 7.11 Å². The number of nitrogens with one attached hydrogen (secondary N) is 1. The third-order valence-corrected chi connectivity index (χ3v) is 3.84. The van der Waals surface area contributed by atoms with Gasteiger partial charge in [-0.3, -0.25) is 4.79 Å². The van der Waals surface area contributed by atoms with Gasteiger partial charge in [0.25, 0.3) is 0 Å². The van der Waals surface area contributed by atoms with Crippen molar-refractivity contribution in [1.82, 2.24) is 5.32 Å². The van der Waals surface area contributed by atoms with E-state index in [-0.39, 0.29) is 5.91 Å². The third kappa shape index (κ3) is 3.72. The van der Waals surface area contributed by atoms with E-state index in [0.29, 0.717) is 18.4 Å². The monoisotopic (exact) mass is 261 g/mol. The van der Waals surface area contributed by atoms with Crippen molar-refractivity contribution < 1.29 is 9.53 Å². The summed E-state index contributed by atoms with van der Waals surface area (Å²) in [6.45, 7) is 2.03. The fourth-order valence-corrected chi connectivity index (χ4v) is 2.84. The lowest BCUT2D eigenvalue weighted by molar-refractivity contribution is -0.121. The van der Waals surface area contributed by atoms with E-state index >= 15 is 0 Å². The SMILES string of the molecule is CCCC(=O)N[C@@H]1CC[C@@H](c2cccc(OC)c2)C1. The third-order valence-electron chi connectivity index (χ3n) is 3.84. The summed E-state index contributed by atoms with van der Waals surface area (Å²) in [7, 11) is 1.70. The van der Waals surface area contributed by atoms with Crippen LogP contribution in [0.15, 0.2) is 24.3 Å². The van der Waals surface area contributed by atoms with Crippen LogP contribution in [0.3, 0.4) is 0 Å². The molecule has 0 saturated heterocycles. The molecule has 1 aliphatic rings. The second kappa shape index (κ2) is 6.60. The molecule has 1 N–H and O–H groups in total. The second-order valence-electron chi connectivity index (χ2n) is 5.30. The molecule has 2 rings (SSSR count). The van der Waals surface area contributed by atoms with Crippen LogP contribution in [0.5, 0.6) is 5.75 Å². The van der Waals surface area contributed by atoms with Crippen molar-refractivity contribution >= 4 is 5.91 Å². The van der Waals surface area contributed by atoms with Gasteiger partial charge in [0.2, 0.25) is 5.91 Å². The predicted octanol–water partition coefficient (Wildman–Crippen LogP) is 3.25. The number of rotatable bonds is 5. The fourth-order valence-electron chi connectivity index (χ4n) is 2.84. The first-order valence-electron chi connectivity index (χ1n) is 7.16. The Kier molecular flexibility index (Phi) is 4.83. The van der Waals surface area contributed by atoms with Gasteiger partial charge >= 0.3 is 0 Å². The Morgan fingerprint density at radius 3 is 3.00 bits per heavy atom. The number of hydrogen-bond donors (Lipinski definition) is 1. The molecule has 0 aromatic heterocycles. The Bertz CT molecular complexity index is 431. The molecule has 3 nitrogen and oxygen atoms in total. The van der Waals surface area contributed by atoms with Crippen molar-refractivity contribution in [2.24, 2.45) is 0 Å². The van der Waals surface area contributed by atoms with Crippen LogP contribution < -0.4 is 10.1 Å². The van der Waals surface area contributed by atoms with Crippen LogP contribution in [0.4, 0.5) is 0 Å². The Labute approximate surface area is 115 Å². The molecule has 1 aromatic rings. The van der Waals surface area contributed by atoms with Crippen LogP contribution in [-0.4, -0.2) is 19.1 Å². The highest BCUT2D eigenvalue weighted by Crippen LogP contribution is 2.35. The lowest BCUT2D eigenvalue weighted by atomic mass is 9.97. The molecule has 1 aliphatic carbocycles. The highest BCUT2D eigenvalue weighted by atomic mass is 16.5. The predicted molar refractivity (Wildman–Crippen MR) is 76.4 cm³/mol. The second-order valence-corrected chi connectivity index (χ2v) is 5.30. The van der Waals surface area contributed by atoms with Gasteiger partial charge in [0, 0.05) is 12.5 Å². The van der Waals surface area contributed by atoms with Crippen LogP contribution in [-0.2, 0) is 4.79 Å². The van der Waals surface area contributed by atoms with E-state index < -0.39 is 0 Å². The fraction of sp³-hybridized carbons (Fsp3) is 0.562. The zero-order valence-corrected chi connectivity index (χ0v) is 11.8. The average molecular weight is 261 g/mol. The maximum absolute atomic E-state index is 11.6. The number of hydrogen-bond acceptors (Lipinski definition) is 2. The summed E-state index contributed by atoms with van der Waals surface area (Å²) in [4.78, 5) is 11.6. The van der Waals surface area contributed by atoms with Gasteiger partial charge in [-0.2, -0.15) is 0 Å². The summed E-state index contributed by atoms with van der Waals surface area (Å²) in [6, 6.07) is 8.62. The average Bonchev–Trinajstić information content (AvgIpc) is 2.87. The number of carbonyl (C=O) groups excluding carboxylic acids is 1. The van der Waals surface area contributed by atoms with Crippen molar-refractivity contribution in [3.05, 3.63) is 29.8 Å². The van der Waals surface area contributed by atoms with Gasteiger partial charge < -0.3 is 10.1 Å². The topological polar surface area (TPSA) is 38.3 Å². The number of carbonyl (C=O) groups is 1. The highest BCUT2D eigenvalue weighted by Gasteiger charge is 2.26. The molecule has 0 aliphatic heterocycles. The minimum absolute atomic E-state index is 0.193. The van der Waals surface area contributed by atoms with E-state index in [9.17, 15) is 4.79 Å². The highest BCUT2D eigenvalue weighted by molar-refractivity contribution is 5.76. The summed E-state index contributed by atoms with van der Waals surface area (Å²) in [5, 5.41) is 3.14. The molecule has 0 spiro atoms. The maximum Gasteiger partial charge on any atom is 0.220 e. The van der Waals surface area contributed by atoms with Crippen molar-refractivity contribution in [3.8, 4) is 5.75 Å². The molecule has 0 bridgehead atoms. The molecular weight excluding hydrogens is 238 g/mol. The molecule has 3 heteroatoms. The number of amides is 1. The van der Waals surface area contributed by atoms with Gasteiger partial charge in [0.05, 0.1) is 7.11 Å². The first-order valence-corrected chi connectivity index (χ1v) is 7.16. The largest absolute Gasteiger partial charge is 0.497 e. The van der Waals surface area contributed by atoms with Crippen LogP contribution in [0, 0.1) is 0 Å². The Hall–Kier alpha value is -1.51. The summed E-state index contributed by atoms with van der Waals surface area (Å²) < 4.78 is 5.27. The van der Waals surface area contributed by atoms with Crippen LogP contribution >= 0.6 is 0 Å². The van der Waals surface area contributed by atoms with Crippen molar-refractivity contribution in [2.45, 2.75) is 51.0 Å². The van der Waals surface area contributed by atoms with Gasteiger partial charge in [0.1, 0.15) is 5.75 Å². The molecule has 19 heavy (non-hydrogen) atoms. The molecule has 2 atom stereocenters. The van der Waals surface area contributed by atoms with E-state index in [1.165, 1.54) is 5.56 Å². The van der Waals surface area contributed by atoms with E-state index in [4.69, 9.17) is 4.74 Å². The standard InChI is InChI=1S/C16H23NO2/c1-3-5-16(18)17-14-9-8-13(10-14)12-6-4-7-15(11-12)19-2/h4,6-7,11,13-14H,3,5,8-10H2,1-2H3,(H,17,18)/t13-,14-/m1/s1. The summed E-state index contributed by atoms with van der Waals surface area (Å²) in [5.74, 6) is 1.65. The van der Waals surface area contributed by atoms with Crippen LogP contribution in [0.25, 0.3) is 0 Å². The van der Waals surface area contributed by atoms with Gasteiger partial charge in [0.15, 0.2) is 0 Å². The number of ether oxygens (including phenoxy) is 1. The maximum atomic E-state index is 11.6. The van der Waals surface area contributed by atoms with E-state index in [0.717, 1.165) is 31.4 Å². The molecular formula is C16H23NO2. The molecule has 104 valence electrons. The normalized spacial score (nSPS) is 22.2. The van der Waals surface area contributed by atoms with Crippen LogP contribution in [0.1, 0.15) is 50.5 Å². The molecule has 0 radical (unpaired) electrons. The van der Waals surface area contributed by atoms with E-state index in [2.05, 4.69) is 17.4 Å². The molecule has 1 fully saturated rings. The lowest BCUT2D eigenvalue weighted by Crippen LogP contribution is -2.32. The molecule has 1 saturated carbocycles. The van der Waals surface area contributed by atoms with Gasteiger partial charge in [-0.05, 0) is 49.3 Å². The minimum atomic E-state index is 0.193. The first kappa shape index (κ1) is 13.9. The smallest absolute Gasteiger partial charge is 0.220 e. The van der Waals surface area contributed by atoms with Crippen LogP contribution in [0.2, 0.25) is 0 Å². The van der Waals surface area contributed by atoms with Crippen molar-refractivity contribution in [3.63, 3.8) is 0 Å². The number of methoxy groups -OCH3 is 1. The van der Waals surface area contributed by atoms with Crippen molar-refractivity contribution in [1.29, 1.82) is 0 Å². The molecule has 0 heterocycles. The zero-order chi connectivity index (χ0) is 13.7. The summed E-state index contributed by atoms with van der Waals surface area (Å²) >= 11 is 0. The first-order chi connectivity index (χ1) is 9.22. The number of benzene rings is 1. The van der Waals surface area contributed by atoms with Gasteiger partial charge in [-0.25, -0.2) is 0 Å². The minimum Gasteiger partial charge on any atom is -0.497 e. The van der Waals surface area contributed by atoms with Gasteiger partial charge in [-0.15, -0.1) is 0 Å². The summed E-state index contributed by atoms with van der Waals surface area (Å²) in [5.41, 5.74) is 1.33. The van der Waals surface area contributed by atoms with E-state index in [1.807, 2.05) is 19.1 Å².